The van der Waals surface area contributed by atoms with E-state index in [-0.39, 0.29) is 12.5 Å². The quantitative estimate of drug-likeness (QED) is 0.0849. The molecular formula is C60H56N6O. The lowest BCUT2D eigenvalue weighted by molar-refractivity contribution is 0.282. The number of aliphatic hydroxyl groups excluding tert-OH is 1. The second-order valence-corrected chi connectivity index (χ2v) is 18.6. The van der Waals surface area contributed by atoms with Gasteiger partial charge in [-0.25, -0.2) is 0 Å². The molecule has 12 aromatic rings. The van der Waals surface area contributed by atoms with Gasteiger partial charge in [0.1, 0.15) is 0 Å². The summed E-state index contributed by atoms with van der Waals surface area (Å²) in [5.74, 6) is 1.25. The van der Waals surface area contributed by atoms with Crippen molar-refractivity contribution in [2.45, 2.75) is 69.1 Å². The van der Waals surface area contributed by atoms with E-state index in [2.05, 4.69) is 200 Å². The van der Waals surface area contributed by atoms with Crippen molar-refractivity contribution in [1.29, 1.82) is 0 Å². The van der Waals surface area contributed by atoms with Gasteiger partial charge in [0.2, 0.25) is 0 Å². The zero-order valence-corrected chi connectivity index (χ0v) is 37.7. The molecule has 6 aromatic heterocycles. The van der Waals surface area contributed by atoms with Crippen molar-refractivity contribution in [1.82, 2.24) is 29.9 Å². The number of fused-ring (bicyclic) bond motifs is 10. The first-order chi connectivity index (χ1) is 33.2. The van der Waals surface area contributed by atoms with Gasteiger partial charge in [-0.2, -0.15) is 0 Å². The van der Waals surface area contributed by atoms with Crippen molar-refractivity contribution in [3.05, 3.63) is 215 Å². The molecule has 6 heterocycles. The molecule has 0 saturated carbocycles. The topological polar surface area (TPSA) is 115 Å². The van der Waals surface area contributed by atoms with E-state index in [4.69, 9.17) is 0 Å². The standard InChI is InChI=1S/C20H20N2O.2C20H18N2/c23-11-5-8-14(17-12-21-19-9-3-1-6-15(17)19)18-13-22-20-10-4-2-7-16(18)20;1-3-10-18-14(7-1)17(12-21-18)16-9-5-8-15-13-6-2-4-11-19(13)22-20(15)16;1-3-9-17-13(6-1)16(12-21-17)14-8-5-11-19-20(14)15-7-2-4-10-18(15)22-19/h1-4,6-7,9-10,12-14,21-23H,5,8,11H2;1-4,6-7,10-12,16,21-22H,5,8-9H2;1-4,6-7,9-10,12,14,21-22H,5,8,11H2. The Labute approximate surface area is 389 Å². The fourth-order valence-electron chi connectivity index (χ4n) is 11.8. The highest BCUT2D eigenvalue weighted by atomic mass is 16.2. The van der Waals surface area contributed by atoms with Crippen LogP contribution in [0.2, 0.25) is 0 Å². The van der Waals surface area contributed by atoms with E-state index in [1.807, 2.05) is 0 Å². The first-order valence-electron chi connectivity index (χ1n) is 24.3. The number of hydrogen-bond acceptors (Lipinski definition) is 1. The summed E-state index contributed by atoms with van der Waals surface area (Å²) < 4.78 is 0. The zero-order valence-electron chi connectivity index (χ0n) is 37.7. The second kappa shape index (κ2) is 17.7. The molecule has 0 amide bonds. The third-order valence-corrected chi connectivity index (χ3v) is 14.8. The van der Waals surface area contributed by atoms with Gasteiger partial charge in [-0.1, -0.05) is 109 Å². The minimum Gasteiger partial charge on any atom is -0.396 e. The molecule has 2 atom stereocenters. The average Bonchev–Trinajstić information content (AvgIpc) is 4.26. The molecule has 14 rings (SSSR count). The minimum atomic E-state index is 0.223. The Hall–Kier alpha value is -7.48. The number of rotatable bonds is 7. The monoisotopic (exact) mass is 876 g/mol. The molecule has 7 N–H and O–H groups in total. The molecule has 0 bridgehead atoms. The van der Waals surface area contributed by atoms with Gasteiger partial charge < -0.3 is 35.0 Å². The highest BCUT2D eigenvalue weighted by Gasteiger charge is 2.29. The molecule has 332 valence electrons. The third kappa shape index (κ3) is 7.44. The van der Waals surface area contributed by atoms with E-state index in [1.54, 1.807) is 0 Å². The Morgan fingerprint density at radius 2 is 0.896 bits per heavy atom. The third-order valence-electron chi connectivity index (χ3n) is 14.8. The van der Waals surface area contributed by atoms with Crippen LogP contribution in [0.25, 0.3) is 65.4 Å². The number of nitrogens with one attached hydrogen (secondary N) is 6. The van der Waals surface area contributed by atoms with Crippen LogP contribution < -0.4 is 0 Å². The number of aliphatic hydroxyl groups is 1. The van der Waals surface area contributed by atoms with Crippen LogP contribution in [0.3, 0.4) is 0 Å². The van der Waals surface area contributed by atoms with Gasteiger partial charge in [0.05, 0.1) is 0 Å². The maximum absolute atomic E-state index is 9.32. The highest BCUT2D eigenvalue weighted by Crippen LogP contribution is 2.44. The predicted octanol–water partition coefficient (Wildman–Crippen LogP) is 14.8. The number of hydrogen-bond donors (Lipinski definition) is 7. The lowest BCUT2D eigenvalue weighted by Gasteiger charge is -2.23. The van der Waals surface area contributed by atoms with E-state index in [0.717, 1.165) is 23.9 Å². The van der Waals surface area contributed by atoms with Crippen molar-refractivity contribution >= 4 is 65.4 Å². The Balaban J connectivity index is 0.000000105. The summed E-state index contributed by atoms with van der Waals surface area (Å²) in [6.45, 7) is 0.223. The van der Waals surface area contributed by atoms with E-state index in [0.29, 0.717) is 11.8 Å². The molecular weight excluding hydrogens is 821 g/mol. The Bertz CT molecular complexity index is 3560. The summed E-state index contributed by atoms with van der Waals surface area (Å²) in [6, 6.07) is 51.5. The van der Waals surface area contributed by atoms with Crippen molar-refractivity contribution in [3.63, 3.8) is 0 Å². The van der Waals surface area contributed by atoms with Gasteiger partial charge in [0.25, 0.3) is 0 Å². The smallest absolute Gasteiger partial charge is 0.0459 e. The maximum Gasteiger partial charge on any atom is 0.0459 e. The normalized spacial score (nSPS) is 15.8. The first-order valence-corrected chi connectivity index (χ1v) is 24.3. The van der Waals surface area contributed by atoms with Crippen LogP contribution in [0.4, 0.5) is 0 Å². The summed E-state index contributed by atoms with van der Waals surface area (Å²) in [6.07, 6.45) is 17.7. The fraction of sp³-hybridized carbons (Fsp3) is 0.200. The Morgan fingerprint density at radius 1 is 0.448 bits per heavy atom. The molecule has 0 aliphatic heterocycles. The second-order valence-electron chi connectivity index (χ2n) is 18.6. The Morgan fingerprint density at radius 3 is 1.49 bits per heavy atom. The van der Waals surface area contributed by atoms with Crippen LogP contribution in [0.5, 0.6) is 0 Å². The summed E-state index contributed by atoms with van der Waals surface area (Å²) in [7, 11) is 0. The van der Waals surface area contributed by atoms with Gasteiger partial charge in [-0.3, -0.25) is 0 Å². The summed E-state index contributed by atoms with van der Waals surface area (Å²) in [5.41, 5.74) is 18.8. The van der Waals surface area contributed by atoms with Crippen LogP contribution in [-0.2, 0) is 12.8 Å². The van der Waals surface area contributed by atoms with Crippen LogP contribution in [0.15, 0.2) is 170 Å². The van der Waals surface area contributed by atoms with E-state index < -0.39 is 0 Å². The van der Waals surface area contributed by atoms with E-state index in [9.17, 15) is 5.11 Å². The number of aromatic nitrogens is 6. The number of H-pyrrole nitrogens is 6. The number of aromatic amines is 6. The number of aryl methyl sites for hydroxylation is 2. The van der Waals surface area contributed by atoms with Gasteiger partial charge in [-0.05, 0) is 121 Å². The molecule has 2 aliphatic rings. The van der Waals surface area contributed by atoms with E-state index >= 15 is 0 Å². The Kier molecular flexibility index (Phi) is 10.8. The largest absolute Gasteiger partial charge is 0.396 e. The van der Waals surface area contributed by atoms with Crippen molar-refractivity contribution < 1.29 is 5.11 Å². The molecule has 2 unspecified atom stereocenters. The zero-order chi connectivity index (χ0) is 44.7. The molecule has 0 radical (unpaired) electrons. The van der Waals surface area contributed by atoms with Crippen molar-refractivity contribution in [2.75, 3.05) is 6.61 Å². The molecule has 2 aliphatic carbocycles. The van der Waals surface area contributed by atoms with Gasteiger partial charge in [0, 0.05) is 126 Å². The van der Waals surface area contributed by atoms with Gasteiger partial charge >= 0.3 is 0 Å². The minimum absolute atomic E-state index is 0.223. The van der Waals surface area contributed by atoms with Gasteiger partial charge in [-0.15, -0.1) is 0 Å². The number of benzene rings is 6. The molecule has 0 spiro atoms. The molecule has 7 heteroatoms. The highest BCUT2D eigenvalue weighted by molar-refractivity contribution is 5.91. The van der Waals surface area contributed by atoms with Crippen LogP contribution in [0, 0.1) is 0 Å². The molecule has 0 saturated heterocycles. The molecule has 0 fully saturated rings. The van der Waals surface area contributed by atoms with Crippen LogP contribution in [-0.4, -0.2) is 41.6 Å². The maximum atomic E-state index is 9.32. The lowest BCUT2D eigenvalue weighted by Crippen LogP contribution is -2.10. The molecule has 7 nitrogen and oxygen atoms in total. The SMILES string of the molecule is OCCCC(c1c[nH]c2ccccc12)c1c[nH]c2ccccc12.c1ccc2c(C3CCCc4[nH]c5ccccc5c43)c[nH]c2c1.c1ccc2c(C3CCCc4c3[nH]c3ccccc43)c[nH]c2c1. The predicted molar refractivity (Wildman–Crippen MR) is 278 cm³/mol. The van der Waals surface area contributed by atoms with Gasteiger partial charge in [0.15, 0.2) is 0 Å². The molecule has 67 heavy (non-hydrogen) atoms. The van der Waals surface area contributed by atoms with Crippen LogP contribution >= 0.6 is 0 Å². The van der Waals surface area contributed by atoms with Crippen molar-refractivity contribution in [3.8, 4) is 0 Å². The van der Waals surface area contributed by atoms with E-state index in [1.165, 1.54) is 138 Å². The lowest BCUT2D eigenvalue weighted by atomic mass is 9.80. The molecule has 6 aromatic carbocycles. The summed E-state index contributed by atoms with van der Waals surface area (Å²) in [4.78, 5) is 21.0. The average molecular weight is 877 g/mol. The fourth-order valence-corrected chi connectivity index (χ4v) is 11.8. The van der Waals surface area contributed by atoms with Crippen LogP contribution in [0.1, 0.15) is 101 Å². The summed E-state index contributed by atoms with van der Waals surface area (Å²) in [5, 5.41) is 17.4. The summed E-state index contributed by atoms with van der Waals surface area (Å²) >= 11 is 0. The number of para-hydroxylation sites is 6. The first kappa shape index (κ1) is 41.0. The van der Waals surface area contributed by atoms with Crippen molar-refractivity contribution in [2.24, 2.45) is 0 Å².